The van der Waals surface area contributed by atoms with Gasteiger partial charge in [0.15, 0.2) is 0 Å². The van der Waals surface area contributed by atoms with Crippen molar-refractivity contribution in [2.75, 3.05) is 5.75 Å². The number of rotatable bonds is 3. The smallest absolute Gasteiger partial charge is 0.123 e. The summed E-state index contributed by atoms with van der Waals surface area (Å²) in [6, 6.07) is 7.55. The van der Waals surface area contributed by atoms with Gasteiger partial charge in [-0.05, 0) is 59.9 Å². The van der Waals surface area contributed by atoms with Crippen molar-refractivity contribution in [3.8, 4) is 0 Å². The van der Waals surface area contributed by atoms with E-state index in [-0.39, 0.29) is 11.9 Å². The van der Waals surface area contributed by atoms with E-state index < -0.39 is 0 Å². The lowest BCUT2D eigenvalue weighted by atomic mass is 10.0. The van der Waals surface area contributed by atoms with Crippen molar-refractivity contribution in [2.24, 2.45) is 0 Å². The Morgan fingerprint density at radius 1 is 1.37 bits per heavy atom. The van der Waals surface area contributed by atoms with Crippen molar-refractivity contribution in [2.45, 2.75) is 30.8 Å². The number of thiophene rings is 1. The molecule has 1 aromatic carbocycles. The lowest BCUT2D eigenvalue weighted by Crippen LogP contribution is -2.24. The van der Waals surface area contributed by atoms with Gasteiger partial charge in [0.25, 0.3) is 0 Å². The minimum atomic E-state index is -0.139. The predicted octanol–water partition coefficient (Wildman–Crippen LogP) is 4.52. The van der Waals surface area contributed by atoms with Crippen LogP contribution in [0.2, 0.25) is 0 Å². The molecule has 0 radical (unpaired) electrons. The van der Waals surface area contributed by atoms with Crippen molar-refractivity contribution in [1.82, 2.24) is 5.32 Å². The Morgan fingerprint density at radius 2 is 2.26 bits per heavy atom. The molecule has 1 aromatic heterocycles. The van der Waals surface area contributed by atoms with Gasteiger partial charge in [-0.2, -0.15) is 0 Å². The lowest BCUT2D eigenvalue weighted by Gasteiger charge is -2.26. The predicted molar refractivity (Wildman–Crippen MR) is 80.4 cm³/mol. The summed E-state index contributed by atoms with van der Waals surface area (Å²) in [6.07, 6.45) is 1.06. The molecule has 0 saturated heterocycles. The molecule has 0 saturated carbocycles. The Kier molecular flexibility index (Phi) is 3.91. The number of halogens is 1. The maximum Gasteiger partial charge on any atom is 0.123 e. The van der Waals surface area contributed by atoms with Crippen LogP contribution in [0.25, 0.3) is 0 Å². The standard InChI is InChI=1S/C15H16FNS2/c1-10-4-6-19-15(10)9-17-13-5-7-18-14-3-2-11(16)8-12(13)14/h2-4,6,8,13,17H,5,7,9H2,1H3. The molecule has 1 aliphatic heterocycles. The van der Waals surface area contributed by atoms with Crippen LogP contribution >= 0.6 is 23.1 Å². The van der Waals surface area contributed by atoms with Crippen molar-refractivity contribution in [3.63, 3.8) is 0 Å². The maximum atomic E-state index is 13.4. The largest absolute Gasteiger partial charge is 0.305 e. The van der Waals surface area contributed by atoms with Crippen LogP contribution in [-0.2, 0) is 6.54 Å². The molecule has 19 heavy (non-hydrogen) atoms. The Hall–Kier alpha value is -0.840. The molecule has 1 N–H and O–H groups in total. The summed E-state index contributed by atoms with van der Waals surface area (Å²) >= 11 is 3.60. The second-order valence-electron chi connectivity index (χ2n) is 4.78. The number of aryl methyl sites for hydroxylation is 1. The molecule has 3 rings (SSSR count). The Labute approximate surface area is 121 Å². The molecule has 0 fully saturated rings. The Morgan fingerprint density at radius 3 is 3.05 bits per heavy atom. The number of thioether (sulfide) groups is 1. The lowest BCUT2D eigenvalue weighted by molar-refractivity contribution is 0.506. The zero-order valence-electron chi connectivity index (χ0n) is 10.8. The molecule has 1 atom stereocenters. The van der Waals surface area contributed by atoms with Gasteiger partial charge in [-0.1, -0.05) is 0 Å². The van der Waals surface area contributed by atoms with E-state index in [4.69, 9.17) is 0 Å². The van der Waals surface area contributed by atoms with E-state index in [9.17, 15) is 4.39 Å². The third-order valence-corrected chi connectivity index (χ3v) is 5.63. The summed E-state index contributed by atoms with van der Waals surface area (Å²) in [6.45, 7) is 3.01. The van der Waals surface area contributed by atoms with Crippen molar-refractivity contribution in [1.29, 1.82) is 0 Å². The highest BCUT2D eigenvalue weighted by Gasteiger charge is 2.21. The van der Waals surface area contributed by atoms with E-state index in [0.29, 0.717) is 0 Å². The molecule has 0 amide bonds. The average molecular weight is 293 g/mol. The first kappa shape index (κ1) is 13.2. The summed E-state index contributed by atoms with van der Waals surface area (Å²) < 4.78 is 13.4. The van der Waals surface area contributed by atoms with Crippen molar-refractivity contribution >= 4 is 23.1 Å². The number of hydrogen-bond acceptors (Lipinski definition) is 3. The zero-order valence-corrected chi connectivity index (χ0v) is 12.4. The van der Waals surface area contributed by atoms with Gasteiger partial charge >= 0.3 is 0 Å². The third kappa shape index (κ3) is 2.86. The number of nitrogens with one attached hydrogen (secondary N) is 1. The Balaban J connectivity index is 1.76. The van der Waals surface area contributed by atoms with Gasteiger partial charge in [0.2, 0.25) is 0 Å². The molecule has 100 valence electrons. The van der Waals surface area contributed by atoms with Gasteiger partial charge in [0.1, 0.15) is 5.82 Å². The number of hydrogen-bond donors (Lipinski definition) is 1. The summed E-state index contributed by atoms with van der Waals surface area (Å²) in [5.41, 5.74) is 2.45. The fourth-order valence-corrected chi connectivity index (χ4v) is 4.34. The molecule has 4 heteroatoms. The van der Waals surface area contributed by atoms with Gasteiger partial charge in [-0.15, -0.1) is 23.1 Å². The van der Waals surface area contributed by atoms with E-state index >= 15 is 0 Å². The second kappa shape index (κ2) is 5.65. The third-order valence-electron chi connectivity index (χ3n) is 3.49. The summed E-state index contributed by atoms with van der Waals surface area (Å²) in [7, 11) is 0. The number of benzene rings is 1. The highest BCUT2D eigenvalue weighted by molar-refractivity contribution is 7.99. The van der Waals surface area contributed by atoms with Gasteiger partial charge < -0.3 is 5.32 Å². The zero-order chi connectivity index (χ0) is 13.2. The van der Waals surface area contributed by atoms with Crippen LogP contribution in [0.15, 0.2) is 34.5 Å². The average Bonchev–Trinajstić information content (AvgIpc) is 2.82. The van der Waals surface area contributed by atoms with Crippen molar-refractivity contribution < 1.29 is 4.39 Å². The van der Waals surface area contributed by atoms with Crippen LogP contribution in [-0.4, -0.2) is 5.75 Å². The molecule has 0 bridgehead atoms. The van der Waals surface area contributed by atoms with Crippen LogP contribution in [0.3, 0.4) is 0 Å². The van der Waals surface area contributed by atoms with Gasteiger partial charge in [-0.3, -0.25) is 0 Å². The van der Waals surface area contributed by atoms with Gasteiger partial charge in [-0.25, -0.2) is 4.39 Å². The maximum absolute atomic E-state index is 13.4. The van der Waals surface area contributed by atoms with E-state index in [1.165, 1.54) is 15.3 Å². The molecule has 0 spiro atoms. The monoisotopic (exact) mass is 293 g/mol. The van der Waals surface area contributed by atoms with Crippen LogP contribution in [0.1, 0.15) is 28.5 Å². The molecular weight excluding hydrogens is 277 g/mol. The topological polar surface area (TPSA) is 12.0 Å². The minimum Gasteiger partial charge on any atom is -0.305 e. The van der Waals surface area contributed by atoms with Gasteiger partial charge in [0, 0.05) is 22.4 Å². The molecule has 1 unspecified atom stereocenters. The molecule has 0 aliphatic carbocycles. The molecule has 2 aromatic rings. The fourth-order valence-electron chi connectivity index (χ4n) is 2.38. The van der Waals surface area contributed by atoms with E-state index in [0.717, 1.165) is 24.3 Å². The Bertz CT molecular complexity index is 579. The minimum absolute atomic E-state index is 0.139. The summed E-state index contributed by atoms with van der Waals surface area (Å²) in [5.74, 6) is 0.958. The summed E-state index contributed by atoms with van der Waals surface area (Å²) in [4.78, 5) is 2.59. The van der Waals surface area contributed by atoms with E-state index in [2.05, 4.69) is 23.7 Å². The highest BCUT2D eigenvalue weighted by Crippen LogP contribution is 2.36. The van der Waals surface area contributed by atoms with Crippen LogP contribution in [0.5, 0.6) is 0 Å². The molecule has 1 nitrogen and oxygen atoms in total. The molecular formula is C15H16FNS2. The van der Waals surface area contributed by atoms with Crippen molar-refractivity contribution in [3.05, 3.63) is 51.5 Å². The first-order valence-electron chi connectivity index (χ1n) is 6.42. The quantitative estimate of drug-likeness (QED) is 0.893. The SMILES string of the molecule is Cc1ccsc1CNC1CCSc2ccc(F)cc21. The fraction of sp³-hybridized carbons (Fsp3) is 0.333. The molecule has 2 heterocycles. The van der Waals surface area contributed by atoms with Crippen LogP contribution in [0.4, 0.5) is 4.39 Å². The van der Waals surface area contributed by atoms with E-state index in [1.807, 2.05) is 17.8 Å². The molecule has 1 aliphatic rings. The first-order chi connectivity index (χ1) is 9.24. The first-order valence-corrected chi connectivity index (χ1v) is 8.29. The van der Waals surface area contributed by atoms with E-state index in [1.54, 1.807) is 23.5 Å². The highest BCUT2D eigenvalue weighted by atomic mass is 32.2. The van der Waals surface area contributed by atoms with Crippen LogP contribution < -0.4 is 5.32 Å². The van der Waals surface area contributed by atoms with Crippen LogP contribution in [0, 0.1) is 12.7 Å². The second-order valence-corrected chi connectivity index (χ2v) is 6.92. The van der Waals surface area contributed by atoms with Gasteiger partial charge in [0.05, 0.1) is 0 Å². The normalized spacial score (nSPS) is 18.3. The summed E-state index contributed by atoms with van der Waals surface area (Å²) in [5, 5.41) is 5.70. The number of fused-ring (bicyclic) bond motifs is 1.